The molecule has 148 valence electrons. The van der Waals surface area contributed by atoms with Crippen LogP contribution in [0.25, 0.3) is 0 Å². The molecule has 0 bridgehead atoms. The molecular formula is C22H31NO3S. The van der Waals surface area contributed by atoms with E-state index in [1.807, 2.05) is 36.4 Å². The van der Waals surface area contributed by atoms with E-state index in [2.05, 4.69) is 39.3 Å². The van der Waals surface area contributed by atoms with Crippen molar-refractivity contribution in [2.45, 2.75) is 58.3 Å². The smallest absolute Gasteiger partial charge is 0.236 e. The zero-order valence-corrected chi connectivity index (χ0v) is 18.0. The van der Waals surface area contributed by atoms with Crippen molar-refractivity contribution >= 4 is 15.7 Å². The average Bonchev–Trinajstić information content (AvgIpc) is 2.55. The van der Waals surface area contributed by atoms with Crippen LogP contribution in [0.1, 0.15) is 62.8 Å². The molecular weight excluding hydrogens is 358 g/mol. The number of benzene rings is 2. The van der Waals surface area contributed by atoms with E-state index in [9.17, 15) is 8.42 Å². The average molecular weight is 390 g/mol. The highest BCUT2D eigenvalue weighted by molar-refractivity contribution is 7.91. The van der Waals surface area contributed by atoms with E-state index in [1.165, 1.54) is 0 Å². The molecule has 0 saturated carbocycles. The van der Waals surface area contributed by atoms with E-state index < -0.39 is 10.0 Å². The van der Waals surface area contributed by atoms with Gasteiger partial charge < -0.3 is 4.74 Å². The summed E-state index contributed by atoms with van der Waals surface area (Å²) >= 11 is 0. The minimum atomic E-state index is -3.51. The number of sulfonamides is 1. The summed E-state index contributed by atoms with van der Waals surface area (Å²) in [5.41, 5.74) is 4.57. The molecule has 27 heavy (non-hydrogen) atoms. The van der Waals surface area contributed by atoms with Crippen LogP contribution in [-0.4, -0.2) is 15.5 Å². The van der Waals surface area contributed by atoms with Gasteiger partial charge in [-0.2, -0.15) is 0 Å². The summed E-state index contributed by atoms with van der Waals surface area (Å²) in [6, 6.07) is 13.5. The quantitative estimate of drug-likeness (QED) is 0.708. The molecule has 4 nitrogen and oxygen atoms in total. The Balaban J connectivity index is 2.26. The molecule has 0 spiro atoms. The summed E-state index contributed by atoms with van der Waals surface area (Å²) in [6.07, 6.45) is 0. The van der Waals surface area contributed by atoms with Gasteiger partial charge >= 0.3 is 0 Å². The molecule has 0 aromatic heterocycles. The lowest BCUT2D eigenvalue weighted by Gasteiger charge is -2.20. The number of hydrogen-bond acceptors (Lipinski definition) is 3. The van der Waals surface area contributed by atoms with Crippen LogP contribution in [-0.2, 0) is 32.5 Å². The van der Waals surface area contributed by atoms with Gasteiger partial charge in [-0.05, 0) is 45.7 Å². The first-order valence-corrected chi connectivity index (χ1v) is 10.9. The molecule has 0 aliphatic carbocycles. The Morgan fingerprint density at radius 2 is 1.78 bits per heavy atom. The van der Waals surface area contributed by atoms with E-state index in [4.69, 9.17) is 4.74 Å². The van der Waals surface area contributed by atoms with Crippen molar-refractivity contribution in [3.05, 3.63) is 64.7 Å². The zero-order valence-electron chi connectivity index (χ0n) is 17.2. The first kappa shape index (κ1) is 21.5. The Kier molecular flexibility index (Phi) is 6.71. The lowest BCUT2D eigenvalue weighted by molar-refractivity contribution is 0.185. The van der Waals surface area contributed by atoms with Crippen LogP contribution in [0.4, 0.5) is 5.69 Å². The normalized spacial score (nSPS) is 12.4. The predicted octanol–water partition coefficient (Wildman–Crippen LogP) is 5.20. The minimum absolute atomic E-state index is 0.0383. The Morgan fingerprint density at radius 1 is 1.07 bits per heavy atom. The summed E-state index contributed by atoms with van der Waals surface area (Å²) in [7, 11) is -1.86. The van der Waals surface area contributed by atoms with Gasteiger partial charge in [-0.25, -0.2) is 8.42 Å². The van der Waals surface area contributed by atoms with Gasteiger partial charge in [-0.15, -0.1) is 0 Å². The molecule has 0 saturated heterocycles. The fourth-order valence-corrected chi connectivity index (χ4v) is 4.27. The minimum Gasteiger partial charge on any atom is -0.380 e. The van der Waals surface area contributed by atoms with Crippen LogP contribution in [0.5, 0.6) is 0 Å². The third-order valence-electron chi connectivity index (χ3n) is 4.49. The molecule has 1 N–H and O–H groups in total. The first-order valence-electron chi connectivity index (χ1n) is 9.23. The number of nitrogens with one attached hydrogen (secondary N) is 1. The molecule has 2 aromatic rings. The van der Waals surface area contributed by atoms with Crippen LogP contribution in [0.3, 0.4) is 0 Å². The Bertz CT molecular complexity index is 881. The van der Waals surface area contributed by atoms with Crippen molar-refractivity contribution in [1.29, 1.82) is 0 Å². The standard InChI is InChI=1S/C22H31NO3S/c1-16(2)21-12-17(14-26-6)10-11-18(21)15-27(24,25)23-20-9-7-8-19(13-20)22(3,4)5/h7-13,16,23H,14-15H2,1-6H3. The highest BCUT2D eigenvalue weighted by Crippen LogP contribution is 2.27. The van der Waals surface area contributed by atoms with Crippen LogP contribution >= 0.6 is 0 Å². The van der Waals surface area contributed by atoms with Gasteiger partial charge in [0, 0.05) is 12.8 Å². The molecule has 0 amide bonds. The lowest BCUT2D eigenvalue weighted by atomic mass is 9.87. The van der Waals surface area contributed by atoms with Crippen molar-refractivity contribution < 1.29 is 13.2 Å². The summed E-state index contributed by atoms with van der Waals surface area (Å²) in [6.45, 7) is 11.0. The van der Waals surface area contributed by atoms with Gasteiger partial charge in [0.05, 0.1) is 12.4 Å². The van der Waals surface area contributed by atoms with Gasteiger partial charge in [0.15, 0.2) is 0 Å². The number of methoxy groups -OCH3 is 1. The highest BCUT2D eigenvalue weighted by Gasteiger charge is 2.18. The summed E-state index contributed by atoms with van der Waals surface area (Å²) < 4.78 is 33.5. The number of rotatable bonds is 7. The van der Waals surface area contributed by atoms with Crippen LogP contribution in [0.2, 0.25) is 0 Å². The number of ether oxygens (including phenoxy) is 1. The third kappa shape index (κ3) is 6.08. The molecule has 5 heteroatoms. The maximum atomic E-state index is 12.8. The fraction of sp³-hybridized carbons (Fsp3) is 0.455. The van der Waals surface area contributed by atoms with Crippen molar-refractivity contribution in [3.63, 3.8) is 0 Å². The van der Waals surface area contributed by atoms with E-state index in [0.717, 1.165) is 22.3 Å². The maximum Gasteiger partial charge on any atom is 0.236 e. The van der Waals surface area contributed by atoms with Crippen LogP contribution in [0.15, 0.2) is 42.5 Å². The third-order valence-corrected chi connectivity index (χ3v) is 5.73. The summed E-state index contributed by atoms with van der Waals surface area (Å²) in [5.74, 6) is 0.185. The molecule has 0 heterocycles. The number of anilines is 1. The van der Waals surface area contributed by atoms with E-state index in [0.29, 0.717) is 12.3 Å². The van der Waals surface area contributed by atoms with Crippen LogP contribution < -0.4 is 4.72 Å². The summed E-state index contributed by atoms with van der Waals surface area (Å²) in [5, 5.41) is 0. The van der Waals surface area contributed by atoms with Gasteiger partial charge in [0.2, 0.25) is 10.0 Å². The SMILES string of the molecule is COCc1ccc(CS(=O)(=O)Nc2cccc(C(C)(C)C)c2)c(C(C)C)c1. The monoisotopic (exact) mass is 389 g/mol. The molecule has 0 unspecified atom stereocenters. The fourth-order valence-electron chi connectivity index (χ4n) is 3.04. The highest BCUT2D eigenvalue weighted by atomic mass is 32.2. The van der Waals surface area contributed by atoms with Gasteiger partial charge in [0.1, 0.15) is 0 Å². The Hall–Kier alpha value is -1.85. The van der Waals surface area contributed by atoms with E-state index in [1.54, 1.807) is 13.2 Å². The molecule has 0 aliphatic rings. The molecule has 2 rings (SSSR count). The molecule has 2 aromatic carbocycles. The molecule has 0 radical (unpaired) electrons. The predicted molar refractivity (Wildman–Crippen MR) is 113 cm³/mol. The lowest BCUT2D eigenvalue weighted by Crippen LogP contribution is -2.17. The maximum absolute atomic E-state index is 12.8. The Morgan fingerprint density at radius 3 is 2.37 bits per heavy atom. The largest absolute Gasteiger partial charge is 0.380 e. The van der Waals surface area contributed by atoms with Gasteiger partial charge in [-0.3, -0.25) is 4.72 Å². The second-order valence-electron chi connectivity index (χ2n) is 8.31. The Labute approximate surface area is 164 Å². The van der Waals surface area contributed by atoms with E-state index in [-0.39, 0.29) is 17.1 Å². The topological polar surface area (TPSA) is 55.4 Å². The summed E-state index contributed by atoms with van der Waals surface area (Å²) in [4.78, 5) is 0. The first-order chi connectivity index (χ1) is 12.5. The van der Waals surface area contributed by atoms with E-state index >= 15 is 0 Å². The van der Waals surface area contributed by atoms with Crippen molar-refractivity contribution in [1.82, 2.24) is 0 Å². The molecule has 0 atom stereocenters. The van der Waals surface area contributed by atoms with Gasteiger partial charge in [0.25, 0.3) is 0 Å². The number of hydrogen-bond donors (Lipinski definition) is 1. The van der Waals surface area contributed by atoms with Crippen molar-refractivity contribution in [2.75, 3.05) is 11.8 Å². The second kappa shape index (κ2) is 8.44. The van der Waals surface area contributed by atoms with Crippen molar-refractivity contribution in [3.8, 4) is 0 Å². The van der Waals surface area contributed by atoms with Gasteiger partial charge in [-0.1, -0.05) is 65.0 Å². The molecule has 0 aliphatic heterocycles. The zero-order chi connectivity index (χ0) is 20.2. The second-order valence-corrected chi connectivity index (χ2v) is 10.0. The van der Waals surface area contributed by atoms with Crippen molar-refractivity contribution in [2.24, 2.45) is 0 Å². The molecule has 0 fully saturated rings. The van der Waals surface area contributed by atoms with Crippen LogP contribution in [0, 0.1) is 0 Å².